The molecule has 0 aliphatic carbocycles. The number of pyridine rings is 1. The van der Waals surface area contributed by atoms with Gasteiger partial charge >= 0.3 is 0 Å². The fourth-order valence-corrected chi connectivity index (χ4v) is 6.05. The molecule has 0 saturated carbocycles. The van der Waals surface area contributed by atoms with E-state index >= 15 is 0 Å². The van der Waals surface area contributed by atoms with E-state index in [2.05, 4.69) is 84.1 Å². The molecule has 5 aromatic carbocycles. The third-order valence-corrected chi connectivity index (χ3v) is 8.25. The Hall–Kier alpha value is -5.94. The second kappa shape index (κ2) is 11.0. The molecule has 5 heteroatoms. The Morgan fingerprint density at radius 1 is 0.467 bits per heavy atom. The zero-order valence-electron chi connectivity index (χ0n) is 25.0. The predicted octanol–water partition coefficient (Wildman–Crippen LogP) is 9.65. The number of hydrogen-bond acceptors (Lipinski definition) is 4. The Bertz CT molecular complexity index is 2210. The molecular weight excluding hydrogens is 550 g/mol. The summed E-state index contributed by atoms with van der Waals surface area (Å²) in [6, 6.07) is 44.2. The predicted molar refractivity (Wildman–Crippen MR) is 183 cm³/mol. The van der Waals surface area contributed by atoms with Gasteiger partial charge in [0.15, 0.2) is 17.5 Å². The smallest absolute Gasteiger partial charge is 0.166 e. The van der Waals surface area contributed by atoms with Crippen LogP contribution in [-0.4, -0.2) is 24.5 Å². The molecule has 0 saturated heterocycles. The largest absolute Gasteiger partial charge is 0.308 e. The summed E-state index contributed by atoms with van der Waals surface area (Å²) in [7, 11) is 0. The van der Waals surface area contributed by atoms with Crippen LogP contribution >= 0.6 is 0 Å². The summed E-state index contributed by atoms with van der Waals surface area (Å²) >= 11 is 0. The molecule has 5 nitrogen and oxygen atoms in total. The quantitative estimate of drug-likeness (QED) is 0.204. The Morgan fingerprint density at radius 3 is 1.58 bits per heavy atom. The van der Waals surface area contributed by atoms with E-state index in [1.165, 1.54) is 21.9 Å². The van der Waals surface area contributed by atoms with Crippen LogP contribution < -0.4 is 0 Å². The molecule has 0 fully saturated rings. The second-order valence-corrected chi connectivity index (χ2v) is 11.4. The van der Waals surface area contributed by atoms with Crippen LogP contribution in [0.25, 0.3) is 72.8 Å². The van der Waals surface area contributed by atoms with Gasteiger partial charge in [-0.15, -0.1) is 0 Å². The summed E-state index contributed by atoms with van der Waals surface area (Å²) in [5.74, 6) is 1.87. The van der Waals surface area contributed by atoms with Gasteiger partial charge in [0.1, 0.15) is 0 Å². The number of hydrogen-bond donors (Lipinski definition) is 0. The lowest BCUT2D eigenvalue weighted by Gasteiger charge is -2.16. The molecular formula is C40H29N5. The third-order valence-electron chi connectivity index (χ3n) is 8.25. The van der Waals surface area contributed by atoms with E-state index in [0.717, 1.165) is 44.5 Å². The van der Waals surface area contributed by atoms with E-state index in [4.69, 9.17) is 15.0 Å². The number of rotatable bonds is 5. The molecule has 0 atom stereocenters. The van der Waals surface area contributed by atoms with Gasteiger partial charge in [-0.1, -0.05) is 97.1 Å². The highest BCUT2D eigenvalue weighted by atomic mass is 15.1. The zero-order chi connectivity index (χ0) is 30.3. The zero-order valence-corrected chi connectivity index (χ0v) is 25.0. The van der Waals surface area contributed by atoms with E-state index in [0.29, 0.717) is 17.5 Å². The van der Waals surface area contributed by atoms with Gasteiger partial charge in [0.05, 0.1) is 16.7 Å². The third kappa shape index (κ3) is 4.85. The molecule has 0 bridgehead atoms. The number of aryl methyl sites for hydroxylation is 2. The van der Waals surface area contributed by atoms with Crippen molar-refractivity contribution in [3.05, 3.63) is 151 Å². The van der Waals surface area contributed by atoms with Crippen molar-refractivity contribution in [2.75, 3.05) is 0 Å². The average Bonchev–Trinajstić information content (AvgIpc) is 3.41. The van der Waals surface area contributed by atoms with Crippen LogP contribution in [0.5, 0.6) is 0 Å². The van der Waals surface area contributed by atoms with E-state index in [-0.39, 0.29) is 0 Å². The van der Waals surface area contributed by atoms with Gasteiger partial charge in [0.25, 0.3) is 0 Å². The molecule has 0 amide bonds. The lowest BCUT2D eigenvalue weighted by Crippen LogP contribution is -2.04. The molecule has 8 rings (SSSR count). The topological polar surface area (TPSA) is 56.5 Å². The lowest BCUT2D eigenvalue weighted by molar-refractivity contribution is 1.06. The monoisotopic (exact) mass is 579 g/mol. The highest BCUT2D eigenvalue weighted by Gasteiger charge is 2.20. The van der Waals surface area contributed by atoms with Crippen molar-refractivity contribution in [3.8, 4) is 51.0 Å². The summed E-state index contributed by atoms with van der Waals surface area (Å²) in [6.07, 6.45) is 3.69. The lowest BCUT2D eigenvalue weighted by atomic mass is 10.0. The number of fused-ring (bicyclic) bond motifs is 3. The maximum absolute atomic E-state index is 5.15. The number of aromatic nitrogens is 5. The first-order valence-electron chi connectivity index (χ1n) is 15.1. The summed E-state index contributed by atoms with van der Waals surface area (Å²) in [4.78, 5) is 19.7. The van der Waals surface area contributed by atoms with Crippen LogP contribution in [0.4, 0.5) is 0 Å². The molecule has 3 aromatic heterocycles. The highest BCUT2D eigenvalue weighted by molar-refractivity contribution is 6.10. The molecule has 45 heavy (non-hydrogen) atoms. The Balaban J connectivity index is 1.47. The van der Waals surface area contributed by atoms with Gasteiger partial charge in [-0.05, 0) is 60.9 Å². The van der Waals surface area contributed by atoms with Crippen LogP contribution in [0.3, 0.4) is 0 Å². The van der Waals surface area contributed by atoms with Crippen molar-refractivity contribution in [1.29, 1.82) is 0 Å². The fourth-order valence-electron chi connectivity index (χ4n) is 6.05. The van der Waals surface area contributed by atoms with Crippen LogP contribution in [0, 0.1) is 13.8 Å². The van der Waals surface area contributed by atoms with E-state index in [9.17, 15) is 0 Å². The van der Waals surface area contributed by atoms with Crippen LogP contribution in [0.15, 0.2) is 140 Å². The van der Waals surface area contributed by atoms with E-state index in [1.54, 1.807) is 6.20 Å². The molecule has 0 radical (unpaired) electrons. The SMILES string of the molecule is Cc1ccc2c3ccc(C)cc3n(-c3ccc(-c4cccnc4)cc3-c3nc(-c4ccccc4)nc(-c4ccccc4)n3)c2c1. The molecule has 0 aliphatic rings. The molecule has 3 heterocycles. The molecule has 0 N–H and O–H groups in total. The first-order valence-corrected chi connectivity index (χ1v) is 15.1. The van der Waals surface area contributed by atoms with Gasteiger partial charge in [0.2, 0.25) is 0 Å². The first-order chi connectivity index (χ1) is 22.1. The van der Waals surface area contributed by atoms with Gasteiger partial charge in [-0.25, -0.2) is 15.0 Å². The summed E-state index contributed by atoms with van der Waals surface area (Å²) in [6.45, 7) is 4.28. The fraction of sp³-hybridized carbons (Fsp3) is 0.0500. The van der Waals surface area contributed by atoms with Gasteiger partial charge < -0.3 is 4.57 Å². The van der Waals surface area contributed by atoms with E-state index in [1.807, 2.05) is 72.9 Å². The maximum atomic E-state index is 5.15. The van der Waals surface area contributed by atoms with Crippen molar-refractivity contribution in [2.24, 2.45) is 0 Å². The number of nitrogens with zero attached hydrogens (tertiary/aromatic N) is 5. The Kier molecular flexibility index (Phi) is 6.50. The standard InChI is InChI=1S/C40H29N5/c1-26-15-18-32-33-19-16-27(2)23-37(33)45(36(32)22-26)35-20-17-30(31-14-9-21-41-25-31)24-34(35)40-43-38(28-10-5-3-6-11-28)42-39(44-40)29-12-7-4-8-13-29/h3-25H,1-2H3. The van der Waals surface area contributed by atoms with Gasteiger partial charge in [0, 0.05) is 45.4 Å². The minimum Gasteiger partial charge on any atom is -0.308 e. The maximum Gasteiger partial charge on any atom is 0.166 e. The van der Waals surface area contributed by atoms with Crippen molar-refractivity contribution < 1.29 is 0 Å². The Labute approximate surface area is 261 Å². The van der Waals surface area contributed by atoms with E-state index < -0.39 is 0 Å². The van der Waals surface area contributed by atoms with Gasteiger partial charge in [-0.3, -0.25) is 4.98 Å². The number of benzene rings is 5. The van der Waals surface area contributed by atoms with Crippen LogP contribution in [0.1, 0.15) is 11.1 Å². The second-order valence-electron chi connectivity index (χ2n) is 11.4. The van der Waals surface area contributed by atoms with Gasteiger partial charge in [-0.2, -0.15) is 0 Å². The normalized spacial score (nSPS) is 11.3. The minimum atomic E-state index is 0.610. The van der Waals surface area contributed by atoms with Crippen molar-refractivity contribution >= 4 is 21.8 Å². The molecule has 214 valence electrons. The highest BCUT2D eigenvalue weighted by Crippen LogP contribution is 2.38. The van der Waals surface area contributed by atoms with Crippen LogP contribution in [0.2, 0.25) is 0 Å². The van der Waals surface area contributed by atoms with Crippen LogP contribution in [-0.2, 0) is 0 Å². The Morgan fingerprint density at radius 2 is 1.02 bits per heavy atom. The summed E-state index contributed by atoms with van der Waals surface area (Å²) in [5.41, 5.74) is 10.6. The molecule has 8 aromatic rings. The van der Waals surface area contributed by atoms with Crippen molar-refractivity contribution in [1.82, 2.24) is 24.5 Å². The summed E-state index contributed by atoms with van der Waals surface area (Å²) < 4.78 is 2.36. The first kappa shape index (κ1) is 26.7. The average molecular weight is 580 g/mol. The molecule has 0 aliphatic heterocycles. The van der Waals surface area contributed by atoms with Crippen molar-refractivity contribution in [2.45, 2.75) is 13.8 Å². The molecule has 0 spiro atoms. The summed E-state index contributed by atoms with van der Waals surface area (Å²) in [5, 5.41) is 2.42. The van der Waals surface area contributed by atoms with Crippen molar-refractivity contribution in [3.63, 3.8) is 0 Å². The minimum absolute atomic E-state index is 0.610. The molecule has 0 unspecified atom stereocenters.